The molecule has 2 nitrogen and oxygen atoms in total. The minimum Gasteiger partial charge on any atom is -0.469 e. The smallest absolute Gasteiger partial charge is 0.105 e. The van der Waals surface area contributed by atoms with E-state index in [2.05, 4.69) is 18.3 Å². The highest BCUT2D eigenvalue weighted by Crippen LogP contribution is 2.14. The van der Waals surface area contributed by atoms with Crippen LogP contribution in [0.5, 0.6) is 0 Å². The summed E-state index contributed by atoms with van der Waals surface area (Å²) in [5, 5.41) is 4.28. The topological polar surface area (TPSA) is 25.2 Å². The van der Waals surface area contributed by atoms with E-state index in [4.69, 9.17) is 16.0 Å². The van der Waals surface area contributed by atoms with E-state index < -0.39 is 0 Å². The molecule has 0 aliphatic heterocycles. The lowest BCUT2D eigenvalue weighted by molar-refractivity contribution is 0.444. The summed E-state index contributed by atoms with van der Waals surface area (Å²) in [6.45, 7) is 3.07. The fraction of sp³-hybridized carbons (Fsp3) is 0.333. The van der Waals surface area contributed by atoms with E-state index in [1.165, 1.54) is 5.56 Å². The molecule has 3 heteroatoms. The predicted molar refractivity (Wildman–Crippen MR) is 75.0 cm³/mol. The van der Waals surface area contributed by atoms with E-state index >= 15 is 0 Å². The minimum absolute atomic E-state index is 0.375. The van der Waals surface area contributed by atoms with Gasteiger partial charge in [0.15, 0.2) is 0 Å². The summed E-state index contributed by atoms with van der Waals surface area (Å²) in [5.74, 6) is 1.02. The number of rotatable bonds is 6. The average Bonchev–Trinajstić information content (AvgIpc) is 2.82. The van der Waals surface area contributed by atoms with Gasteiger partial charge < -0.3 is 9.73 Å². The van der Waals surface area contributed by atoms with Gasteiger partial charge in [-0.15, -0.1) is 0 Å². The Kier molecular flexibility index (Phi) is 4.85. The Morgan fingerprint density at radius 3 is 2.78 bits per heavy atom. The van der Waals surface area contributed by atoms with E-state index in [0.29, 0.717) is 6.04 Å². The first-order valence-corrected chi connectivity index (χ1v) is 6.66. The molecule has 0 fully saturated rings. The summed E-state index contributed by atoms with van der Waals surface area (Å²) in [4.78, 5) is 0. The van der Waals surface area contributed by atoms with Crippen LogP contribution >= 0.6 is 11.6 Å². The molecule has 0 aliphatic rings. The van der Waals surface area contributed by atoms with Crippen LogP contribution in [0.25, 0.3) is 0 Å². The van der Waals surface area contributed by atoms with Crippen molar-refractivity contribution in [3.8, 4) is 0 Å². The molecule has 2 aromatic rings. The van der Waals surface area contributed by atoms with Crippen molar-refractivity contribution in [1.29, 1.82) is 0 Å². The molecule has 1 N–H and O–H groups in total. The molecule has 0 saturated heterocycles. The summed E-state index contributed by atoms with van der Waals surface area (Å²) < 4.78 is 5.41. The van der Waals surface area contributed by atoms with Crippen LogP contribution in [-0.2, 0) is 12.8 Å². The average molecular weight is 264 g/mol. The fourth-order valence-electron chi connectivity index (χ4n) is 2.13. The Balaban J connectivity index is 2.01. The second-order valence-electron chi connectivity index (χ2n) is 4.37. The van der Waals surface area contributed by atoms with Crippen LogP contribution in [0.4, 0.5) is 0 Å². The molecule has 96 valence electrons. The van der Waals surface area contributed by atoms with Crippen molar-refractivity contribution >= 4 is 11.6 Å². The monoisotopic (exact) mass is 263 g/mol. The number of furan rings is 1. The van der Waals surface area contributed by atoms with Gasteiger partial charge in [0, 0.05) is 17.5 Å². The quantitative estimate of drug-likeness (QED) is 0.860. The van der Waals surface area contributed by atoms with Crippen LogP contribution in [0.3, 0.4) is 0 Å². The Bertz CT molecular complexity index is 467. The Labute approximate surface area is 113 Å². The second kappa shape index (κ2) is 6.62. The van der Waals surface area contributed by atoms with Crippen LogP contribution in [-0.4, -0.2) is 12.6 Å². The van der Waals surface area contributed by atoms with Crippen molar-refractivity contribution < 1.29 is 4.42 Å². The van der Waals surface area contributed by atoms with Crippen LogP contribution in [0.15, 0.2) is 47.1 Å². The van der Waals surface area contributed by atoms with E-state index in [1.54, 1.807) is 6.26 Å². The van der Waals surface area contributed by atoms with Gasteiger partial charge in [-0.2, -0.15) is 0 Å². The Morgan fingerprint density at radius 1 is 1.22 bits per heavy atom. The first kappa shape index (κ1) is 13.2. The molecule has 2 rings (SSSR count). The Hall–Kier alpha value is -1.25. The number of halogens is 1. The lowest BCUT2D eigenvalue weighted by Gasteiger charge is -2.17. The van der Waals surface area contributed by atoms with Gasteiger partial charge in [0.1, 0.15) is 5.76 Å². The third-order valence-electron chi connectivity index (χ3n) is 2.89. The maximum absolute atomic E-state index is 6.01. The Morgan fingerprint density at radius 2 is 2.11 bits per heavy atom. The van der Waals surface area contributed by atoms with Crippen molar-refractivity contribution in [2.75, 3.05) is 6.54 Å². The molecule has 0 amide bonds. The van der Waals surface area contributed by atoms with Gasteiger partial charge in [0.05, 0.1) is 6.26 Å². The van der Waals surface area contributed by atoms with Crippen LogP contribution in [0, 0.1) is 0 Å². The highest BCUT2D eigenvalue weighted by atomic mass is 35.5. The van der Waals surface area contributed by atoms with Gasteiger partial charge in [-0.3, -0.25) is 0 Å². The number of hydrogen-bond donors (Lipinski definition) is 1. The molecule has 1 heterocycles. The van der Waals surface area contributed by atoms with Gasteiger partial charge in [0.2, 0.25) is 0 Å². The largest absolute Gasteiger partial charge is 0.469 e. The number of hydrogen-bond acceptors (Lipinski definition) is 2. The van der Waals surface area contributed by atoms with Crippen LogP contribution in [0.2, 0.25) is 5.02 Å². The molecule has 1 atom stereocenters. The number of likely N-dealkylation sites (N-methyl/N-ethyl adjacent to an activating group) is 1. The van der Waals surface area contributed by atoms with Crippen molar-refractivity contribution in [1.82, 2.24) is 5.32 Å². The van der Waals surface area contributed by atoms with E-state index in [1.807, 2.05) is 30.3 Å². The third kappa shape index (κ3) is 3.90. The molecule has 1 aromatic heterocycles. The fourth-order valence-corrected chi connectivity index (χ4v) is 2.34. The first-order valence-electron chi connectivity index (χ1n) is 6.28. The van der Waals surface area contributed by atoms with E-state index in [0.717, 1.165) is 30.2 Å². The summed E-state index contributed by atoms with van der Waals surface area (Å²) in [7, 11) is 0. The van der Waals surface area contributed by atoms with Crippen LogP contribution in [0.1, 0.15) is 18.2 Å². The summed E-state index contributed by atoms with van der Waals surface area (Å²) in [6, 6.07) is 12.3. The van der Waals surface area contributed by atoms with Gasteiger partial charge in [-0.1, -0.05) is 30.7 Å². The summed E-state index contributed by atoms with van der Waals surface area (Å²) in [6.07, 6.45) is 3.57. The van der Waals surface area contributed by atoms with E-state index in [9.17, 15) is 0 Å². The molecule has 1 aromatic carbocycles. The molecule has 1 unspecified atom stereocenters. The molecular formula is C15H18ClNO. The van der Waals surface area contributed by atoms with Gasteiger partial charge >= 0.3 is 0 Å². The summed E-state index contributed by atoms with van der Waals surface area (Å²) >= 11 is 6.01. The highest BCUT2D eigenvalue weighted by molar-refractivity contribution is 6.30. The van der Waals surface area contributed by atoms with Gasteiger partial charge in [0.25, 0.3) is 0 Å². The second-order valence-corrected chi connectivity index (χ2v) is 4.81. The van der Waals surface area contributed by atoms with Crippen molar-refractivity contribution in [3.05, 3.63) is 59.0 Å². The molecule has 18 heavy (non-hydrogen) atoms. The molecule has 0 aliphatic carbocycles. The maximum atomic E-state index is 6.01. The number of benzene rings is 1. The molecule has 0 saturated carbocycles. The molecule has 0 bridgehead atoms. The standard InChI is InChI=1S/C15H18ClNO/c1-2-17-14(11-15-7-4-8-18-15)10-12-5-3-6-13(16)9-12/h3-9,14,17H,2,10-11H2,1H3. The van der Waals surface area contributed by atoms with Crippen molar-refractivity contribution in [3.63, 3.8) is 0 Å². The van der Waals surface area contributed by atoms with Gasteiger partial charge in [-0.25, -0.2) is 0 Å². The zero-order valence-electron chi connectivity index (χ0n) is 10.5. The minimum atomic E-state index is 0.375. The molecular weight excluding hydrogens is 246 g/mol. The van der Waals surface area contributed by atoms with Crippen molar-refractivity contribution in [2.24, 2.45) is 0 Å². The maximum Gasteiger partial charge on any atom is 0.105 e. The van der Waals surface area contributed by atoms with Crippen molar-refractivity contribution in [2.45, 2.75) is 25.8 Å². The normalized spacial score (nSPS) is 12.6. The third-order valence-corrected chi connectivity index (χ3v) is 3.13. The predicted octanol–water partition coefficient (Wildman–Crippen LogP) is 3.70. The molecule has 0 spiro atoms. The van der Waals surface area contributed by atoms with E-state index in [-0.39, 0.29) is 0 Å². The summed E-state index contributed by atoms with van der Waals surface area (Å²) in [5.41, 5.74) is 1.25. The lowest BCUT2D eigenvalue weighted by atomic mass is 10.0. The SMILES string of the molecule is CCNC(Cc1cccc(Cl)c1)Cc1ccco1. The lowest BCUT2D eigenvalue weighted by Crippen LogP contribution is -2.32. The highest BCUT2D eigenvalue weighted by Gasteiger charge is 2.11. The number of nitrogens with one attached hydrogen (secondary N) is 1. The zero-order valence-corrected chi connectivity index (χ0v) is 11.3. The van der Waals surface area contributed by atoms with Gasteiger partial charge in [-0.05, 0) is 42.8 Å². The molecule has 0 radical (unpaired) electrons. The van der Waals surface area contributed by atoms with Crippen LogP contribution < -0.4 is 5.32 Å². The zero-order chi connectivity index (χ0) is 12.8. The first-order chi connectivity index (χ1) is 8.78.